The van der Waals surface area contributed by atoms with Crippen molar-refractivity contribution < 1.29 is 9.47 Å². The lowest BCUT2D eigenvalue weighted by Gasteiger charge is -2.11. The quantitative estimate of drug-likeness (QED) is 0.462. The molecule has 3 aromatic rings. The van der Waals surface area contributed by atoms with Crippen molar-refractivity contribution in [2.24, 2.45) is 0 Å². The van der Waals surface area contributed by atoms with Gasteiger partial charge in [0, 0.05) is 17.3 Å². The molecule has 1 N–H and O–H groups in total. The van der Waals surface area contributed by atoms with E-state index in [0.717, 1.165) is 22.6 Å². The molecule has 0 bridgehead atoms. The molecule has 0 unspecified atom stereocenters. The van der Waals surface area contributed by atoms with Crippen LogP contribution in [-0.4, -0.2) is 6.61 Å². The highest BCUT2D eigenvalue weighted by Crippen LogP contribution is 2.27. The second kappa shape index (κ2) is 9.54. The molecule has 0 saturated carbocycles. The largest absolute Gasteiger partial charge is 0.494 e. The monoisotopic (exact) mass is 401 g/mol. The van der Waals surface area contributed by atoms with Crippen molar-refractivity contribution in [1.82, 2.24) is 0 Å². The molecule has 0 aliphatic rings. The highest BCUT2D eigenvalue weighted by molar-refractivity contribution is 6.32. The van der Waals surface area contributed by atoms with Crippen LogP contribution < -0.4 is 14.8 Å². The van der Waals surface area contributed by atoms with Gasteiger partial charge < -0.3 is 14.8 Å². The van der Waals surface area contributed by atoms with Crippen LogP contribution in [0.5, 0.6) is 11.5 Å². The Labute approximate surface area is 169 Å². The molecule has 0 fully saturated rings. The third-order valence-corrected chi connectivity index (χ3v) is 4.51. The molecule has 140 valence electrons. The van der Waals surface area contributed by atoms with Gasteiger partial charge in [0.25, 0.3) is 0 Å². The van der Waals surface area contributed by atoms with Gasteiger partial charge in [-0.15, -0.1) is 0 Å². The SMILES string of the molecule is CCOc1ccc(NCc2ccc(OCc3ccc(Cl)cc3)c(Cl)c2)cc1. The lowest BCUT2D eigenvalue weighted by atomic mass is 10.2. The fourth-order valence-corrected chi connectivity index (χ4v) is 2.94. The summed E-state index contributed by atoms with van der Waals surface area (Å²) in [6, 6.07) is 21.3. The Bertz CT molecular complexity index is 864. The molecule has 0 heterocycles. The summed E-state index contributed by atoms with van der Waals surface area (Å²) in [6.07, 6.45) is 0. The highest BCUT2D eigenvalue weighted by atomic mass is 35.5. The molecule has 0 spiro atoms. The van der Waals surface area contributed by atoms with E-state index in [-0.39, 0.29) is 0 Å². The first-order chi connectivity index (χ1) is 13.1. The van der Waals surface area contributed by atoms with Gasteiger partial charge in [0.2, 0.25) is 0 Å². The molecular weight excluding hydrogens is 381 g/mol. The van der Waals surface area contributed by atoms with Crippen LogP contribution in [0.25, 0.3) is 0 Å². The van der Waals surface area contributed by atoms with Crippen LogP contribution in [-0.2, 0) is 13.2 Å². The third kappa shape index (κ3) is 5.81. The molecule has 3 rings (SSSR count). The second-order valence-electron chi connectivity index (χ2n) is 5.99. The summed E-state index contributed by atoms with van der Waals surface area (Å²) in [6.45, 7) is 3.75. The van der Waals surface area contributed by atoms with E-state index in [1.165, 1.54) is 0 Å². The molecule has 5 heteroatoms. The summed E-state index contributed by atoms with van der Waals surface area (Å²) in [5.41, 5.74) is 3.14. The predicted molar refractivity (Wildman–Crippen MR) is 112 cm³/mol. The van der Waals surface area contributed by atoms with Crippen molar-refractivity contribution in [2.45, 2.75) is 20.1 Å². The molecule has 0 aliphatic carbocycles. The lowest BCUT2D eigenvalue weighted by molar-refractivity contribution is 0.306. The summed E-state index contributed by atoms with van der Waals surface area (Å²) in [5.74, 6) is 1.53. The Morgan fingerprint density at radius 1 is 0.815 bits per heavy atom. The number of benzene rings is 3. The normalized spacial score (nSPS) is 10.5. The Kier molecular flexibility index (Phi) is 6.86. The number of hydrogen-bond acceptors (Lipinski definition) is 3. The first kappa shape index (κ1) is 19.4. The summed E-state index contributed by atoms with van der Waals surface area (Å²) in [7, 11) is 0. The number of ether oxygens (including phenoxy) is 2. The minimum Gasteiger partial charge on any atom is -0.494 e. The van der Waals surface area contributed by atoms with Gasteiger partial charge in [-0.05, 0) is 66.6 Å². The molecule has 0 radical (unpaired) electrons. The molecule has 3 aromatic carbocycles. The van der Waals surface area contributed by atoms with Crippen molar-refractivity contribution in [3.8, 4) is 11.5 Å². The van der Waals surface area contributed by atoms with E-state index in [2.05, 4.69) is 5.32 Å². The van der Waals surface area contributed by atoms with E-state index in [1.807, 2.05) is 73.7 Å². The first-order valence-corrected chi connectivity index (χ1v) is 9.52. The topological polar surface area (TPSA) is 30.5 Å². The van der Waals surface area contributed by atoms with Crippen LogP contribution in [0.4, 0.5) is 5.69 Å². The van der Waals surface area contributed by atoms with Crippen LogP contribution in [0.15, 0.2) is 66.7 Å². The standard InChI is InChI=1S/C22H21Cl2NO2/c1-2-26-20-10-8-19(9-11-20)25-14-17-5-12-22(21(24)13-17)27-15-16-3-6-18(23)7-4-16/h3-13,25H,2,14-15H2,1H3. The molecule has 3 nitrogen and oxygen atoms in total. The zero-order chi connectivity index (χ0) is 19.1. The van der Waals surface area contributed by atoms with Crippen molar-refractivity contribution in [3.05, 3.63) is 87.9 Å². The van der Waals surface area contributed by atoms with E-state index in [4.69, 9.17) is 32.7 Å². The number of rotatable bonds is 8. The fraction of sp³-hybridized carbons (Fsp3) is 0.182. The third-order valence-electron chi connectivity index (χ3n) is 3.97. The minimum atomic E-state index is 0.445. The van der Waals surface area contributed by atoms with Gasteiger partial charge in [0.1, 0.15) is 18.1 Å². The molecular formula is C22H21Cl2NO2. The molecule has 0 amide bonds. The Morgan fingerprint density at radius 3 is 2.19 bits per heavy atom. The van der Waals surface area contributed by atoms with Crippen molar-refractivity contribution >= 4 is 28.9 Å². The van der Waals surface area contributed by atoms with Gasteiger partial charge >= 0.3 is 0 Å². The highest BCUT2D eigenvalue weighted by Gasteiger charge is 2.05. The van der Waals surface area contributed by atoms with Gasteiger partial charge in [-0.3, -0.25) is 0 Å². The van der Waals surface area contributed by atoms with Crippen molar-refractivity contribution in [3.63, 3.8) is 0 Å². The summed E-state index contributed by atoms with van der Waals surface area (Å²) in [5, 5.41) is 4.67. The van der Waals surface area contributed by atoms with Crippen LogP contribution in [0.2, 0.25) is 10.0 Å². The van der Waals surface area contributed by atoms with Gasteiger partial charge in [-0.2, -0.15) is 0 Å². The fourth-order valence-electron chi connectivity index (χ4n) is 2.55. The van der Waals surface area contributed by atoms with Crippen LogP contribution >= 0.6 is 23.2 Å². The number of halogens is 2. The zero-order valence-electron chi connectivity index (χ0n) is 15.0. The minimum absolute atomic E-state index is 0.445. The summed E-state index contributed by atoms with van der Waals surface area (Å²) < 4.78 is 11.3. The number of nitrogens with one attached hydrogen (secondary N) is 1. The molecule has 0 aromatic heterocycles. The molecule has 0 saturated heterocycles. The summed E-state index contributed by atoms with van der Waals surface area (Å²) >= 11 is 12.3. The summed E-state index contributed by atoms with van der Waals surface area (Å²) in [4.78, 5) is 0. The average molecular weight is 402 g/mol. The van der Waals surface area contributed by atoms with Crippen LogP contribution in [0.1, 0.15) is 18.1 Å². The average Bonchev–Trinajstić information content (AvgIpc) is 2.68. The molecule has 0 aliphatic heterocycles. The Morgan fingerprint density at radius 2 is 1.52 bits per heavy atom. The van der Waals surface area contributed by atoms with Crippen LogP contribution in [0.3, 0.4) is 0 Å². The predicted octanol–water partition coefficient (Wildman–Crippen LogP) is 6.58. The van der Waals surface area contributed by atoms with Gasteiger partial charge in [0.05, 0.1) is 11.6 Å². The smallest absolute Gasteiger partial charge is 0.138 e. The van der Waals surface area contributed by atoms with E-state index in [1.54, 1.807) is 0 Å². The van der Waals surface area contributed by atoms with E-state index in [0.29, 0.717) is 35.6 Å². The maximum Gasteiger partial charge on any atom is 0.138 e. The van der Waals surface area contributed by atoms with Gasteiger partial charge in [-0.25, -0.2) is 0 Å². The van der Waals surface area contributed by atoms with Crippen molar-refractivity contribution in [2.75, 3.05) is 11.9 Å². The maximum atomic E-state index is 6.37. The maximum absolute atomic E-state index is 6.37. The number of hydrogen-bond donors (Lipinski definition) is 1. The van der Waals surface area contributed by atoms with E-state index < -0.39 is 0 Å². The Hall–Kier alpha value is -2.36. The van der Waals surface area contributed by atoms with Gasteiger partial charge in [0.15, 0.2) is 0 Å². The Balaban J connectivity index is 1.55. The lowest BCUT2D eigenvalue weighted by Crippen LogP contribution is -2.01. The van der Waals surface area contributed by atoms with E-state index >= 15 is 0 Å². The molecule has 0 atom stereocenters. The zero-order valence-corrected chi connectivity index (χ0v) is 16.6. The van der Waals surface area contributed by atoms with Crippen LogP contribution in [0, 0.1) is 0 Å². The van der Waals surface area contributed by atoms with Gasteiger partial charge in [-0.1, -0.05) is 41.4 Å². The number of anilines is 1. The van der Waals surface area contributed by atoms with E-state index in [9.17, 15) is 0 Å². The second-order valence-corrected chi connectivity index (χ2v) is 6.83. The molecule has 27 heavy (non-hydrogen) atoms. The van der Waals surface area contributed by atoms with Crippen molar-refractivity contribution in [1.29, 1.82) is 0 Å². The first-order valence-electron chi connectivity index (χ1n) is 8.76.